The van der Waals surface area contributed by atoms with Crippen molar-refractivity contribution in [3.8, 4) is 0 Å². The van der Waals surface area contributed by atoms with Gasteiger partial charge in [0.1, 0.15) is 0 Å². The quantitative estimate of drug-likeness (QED) is 0.816. The van der Waals surface area contributed by atoms with Crippen molar-refractivity contribution in [3.05, 3.63) is 0 Å². The number of hydrogen-bond acceptors (Lipinski definition) is 2. The fourth-order valence-electron chi connectivity index (χ4n) is 2.12. The summed E-state index contributed by atoms with van der Waals surface area (Å²) in [5, 5.41) is 2.76. The molecule has 1 heterocycles. The Bertz CT molecular complexity index is 246. The van der Waals surface area contributed by atoms with Gasteiger partial charge in [-0.15, -0.1) is 0 Å². The second-order valence-corrected chi connectivity index (χ2v) is 5.15. The SMILES string of the molecule is CC(C)C[C@@H]([C]=O)NC(=O)N1CCCCCC1. The fraction of sp³-hybridized carbons (Fsp3) is 0.846. The van der Waals surface area contributed by atoms with Crippen LogP contribution in [0.3, 0.4) is 0 Å². The van der Waals surface area contributed by atoms with E-state index in [0.717, 1.165) is 25.9 Å². The van der Waals surface area contributed by atoms with E-state index in [0.29, 0.717) is 12.3 Å². The second kappa shape index (κ2) is 7.30. The molecule has 1 saturated heterocycles. The number of carbonyl (C=O) groups is 1. The average molecular weight is 239 g/mol. The molecule has 0 unspecified atom stereocenters. The van der Waals surface area contributed by atoms with E-state index < -0.39 is 6.04 Å². The van der Waals surface area contributed by atoms with Gasteiger partial charge in [0.25, 0.3) is 0 Å². The molecule has 1 rings (SSSR count). The van der Waals surface area contributed by atoms with Crippen molar-refractivity contribution in [2.24, 2.45) is 5.92 Å². The molecule has 0 spiro atoms. The van der Waals surface area contributed by atoms with Gasteiger partial charge in [-0.05, 0) is 25.2 Å². The van der Waals surface area contributed by atoms with Crippen LogP contribution in [0.1, 0.15) is 46.0 Å². The summed E-state index contributed by atoms with van der Waals surface area (Å²) in [6, 6.07) is -0.577. The number of likely N-dealkylation sites (tertiary alicyclic amines) is 1. The van der Waals surface area contributed by atoms with E-state index >= 15 is 0 Å². The zero-order valence-corrected chi connectivity index (χ0v) is 10.9. The molecule has 17 heavy (non-hydrogen) atoms. The first-order chi connectivity index (χ1) is 8.13. The monoisotopic (exact) mass is 239 g/mol. The van der Waals surface area contributed by atoms with Gasteiger partial charge in [-0.1, -0.05) is 26.7 Å². The molecule has 0 aromatic carbocycles. The highest BCUT2D eigenvalue weighted by molar-refractivity contribution is 5.78. The number of nitrogens with zero attached hydrogens (tertiary/aromatic N) is 1. The van der Waals surface area contributed by atoms with Crippen molar-refractivity contribution in [3.63, 3.8) is 0 Å². The molecule has 0 saturated carbocycles. The maximum Gasteiger partial charge on any atom is 0.317 e. The molecular weight excluding hydrogens is 216 g/mol. The zero-order chi connectivity index (χ0) is 12.7. The van der Waals surface area contributed by atoms with E-state index in [4.69, 9.17) is 0 Å². The summed E-state index contributed by atoms with van der Waals surface area (Å²) in [4.78, 5) is 24.5. The molecule has 1 radical (unpaired) electrons. The molecule has 1 atom stereocenters. The summed E-state index contributed by atoms with van der Waals surface area (Å²) in [7, 11) is 0. The van der Waals surface area contributed by atoms with Gasteiger partial charge < -0.3 is 10.2 Å². The fourth-order valence-corrected chi connectivity index (χ4v) is 2.12. The molecule has 1 aliphatic rings. The van der Waals surface area contributed by atoms with Crippen LogP contribution in [0.2, 0.25) is 0 Å². The Balaban J connectivity index is 2.42. The number of hydrogen-bond donors (Lipinski definition) is 1. The number of nitrogens with one attached hydrogen (secondary N) is 1. The van der Waals surface area contributed by atoms with Gasteiger partial charge in [-0.2, -0.15) is 0 Å². The van der Waals surface area contributed by atoms with Crippen molar-refractivity contribution in [1.29, 1.82) is 0 Å². The zero-order valence-electron chi connectivity index (χ0n) is 10.9. The van der Waals surface area contributed by atoms with E-state index in [1.54, 1.807) is 0 Å². The third-order valence-corrected chi connectivity index (χ3v) is 3.04. The number of urea groups is 1. The van der Waals surface area contributed by atoms with Crippen LogP contribution < -0.4 is 5.32 Å². The van der Waals surface area contributed by atoms with Crippen molar-refractivity contribution in [2.45, 2.75) is 52.0 Å². The molecule has 1 N–H and O–H groups in total. The summed E-state index contributed by atoms with van der Waals surface area (Å²) < 4.78 is 0. The first-order valence-corrected chi connectivity index (χ1v) is 6.56. The van der Waals surface area contributed by atoms with E-state index in [9.17, 15) is 9.59 Å². The average Bonchev–Trinajstić information content (AvgIpc) is 2.55. The molecule has 4 heteroatoms. The van der Waals surface area contributed by atoms with Gasteiger partial charge in [0.2, 0.25) is 6.29 Å². The lowest BCUT2D eigenvalue weighted by Gasteiger charge is -2.23. The van der Waals surface area contributed by atoms with Gasteiger partial charge in [0.15, 0.2) is 0 Å². The van der Waals surface area contributed by atoms with Crippen LogP contribution in [0, 0.1) is 5.92 Å². The van der Waals surface area contributed by atoms with Crippen molar-refractivity contribution in [1.82, 2.24) is 10.2 Å². The first kappa shape index (κ1) is 14.0. The third kappa shape index (κ3) is 5.20. The summed E-state index contributed by atoms with van der Waals surface area (Å²) in [6.07, 6.45) is 7.08. The highest BCUT2D eigenvalue weighted by Crippen LogP contribution is 2.10. The lowest BCUT2D eigenvalue weighted by molar-refractivity contribution is 0.197. The normalized spacial score (nSPS) is 18.6. The predicted molar refractivity (Wildman–Crippen MR) is 67.5 cm³/mol. The minimum Gasteiger partial charge on any atom is -0.328 e. The van der Waals surface area contributed by atoms with Gasteiger partial charge in [-0.25, -0.2) is 4.79 Å². The highest BCUT2D eigenvalue weighted by Gasteiger charge is 2.19. The van der Waals surface area contributed by atoms with Crippen LogP contribution in [-0.4, -0.2) is 36.3 Å². The summed E-state index contributed by atoms with van der Waals surface area (Å²) in [6.45, 7) is 5.67. The van der Waals surface area contributed by atoms with Gasteiger partial charge in [-0.3, -0.25) is 4.79 Å². The Morgan fingerprint density at radius 1 is 1.24 bits per heavy atom. The molecule has 1 aliphatic heterocycles. The van der Waals surface area contributed by atoms with Crippen LogP contribution >= 0.6 is 0 Å². The highest BCUT2D eigenvalue weighted by atomic mass is 16.2. The van der Waals surface area contributed by atoms with Gasteiger partial charge >= 0.3 is 6.03 Å². The molecule has 4 nitrogen and oxygen atoms in total. The van der Waals surface area contributed by atoms with Crippen LogP contribution in [0.4, 0.5) is 4.79 Å². The largest absolute Gasteiger partial charge is 0.328 e. The minimum absolute atomic E-state index is 0.110. The van der Waals surface area contributed by atoms with Crippen LogP contribution in [-0.2, 0) is 4.79 Å². The Morgan fingerprint density at radius 3 is 2.29 bits per heavy atom. The predicted octanol–water partition coefficient (Wildman–Crippen LogP) is 2.10. The van der Waals surface area contributed by atoms with E-state index in [-0.39, 0.29) is 6.03 Å². The summed E-state index contributed by atoms with van der Waals surface area (Å²) >= 11 is 0. The van der Waals surface area contributed by atoms with E-state index in [1.165, 1.54) is 12.8 Å². The number of amides is 2. The number of rotatable bonds is 4. The minimum atomic E-state index is -0.467. The van der Waals surface area contributed by atoms with Crippen molar-refractivity contribution >= 4 is 12.3 Å². The van der Waals surface area contributed by atoms with Crippen molar-refractivity contribution < 1.29 is 9.59 Å². The first-order valence-electron chi connectivity index (χ1n) is 6.56. The molecule has 0 aliphatic carbocycles. The molecule has 2 amide bonds. The second-order valence-electron chi connectivity index (χ2n) is 5.15. The Morgan fingerprint density at radius 2 is 1.82 bits per heavy atom. The van der Waals surface area contributed by atoms with Gasteiger partial charge in [0.05, 0.1) is 6.04 Å². The summed E-state index contributed by atoms with van der Waals surface area (Å²) in [5.74, 6) is 0.380. The van der Waals surface area contributed by atoms with Crippen LogP contribution in [0.5, 0.6) is 0 Å². The lowest BCUT2D eigenvalue weighted by Crippen LogP contribution is -2.46. The number of carbonyl (C=O) groups excluding carboxylic acids is 2. The van der Waals surface area contributed by atoms with E-state index in [1.807, 2.05) is 25.0 Å². The Labute approximate surface area is 104 Å². The van der Waals surface area contributed by atoms with Crippen LogP contribution in [0.15, 0.2) is 0 Å². The molecule has 0 aromatic heterocycles. The maximum absolute atomic E-state index is 11.9. The van der Waals surface area contributed by atoms with E-state index in [2.05, 4.69) is 5.32 Å². The molecular formula is C13H23N2O2. The Hall–Kier alpha value is -1.06. The van der Waals surface area contributed by atoms with Crippen molar-refractivity contribution in [2.75, 3.05) is 13.1 Å². The standard InChI is InChI=1S/C13H23N2O2/c1-11(2)9-12(10-16)14-13(17)15-7-5-3-4-6-8-15/h11-12H,3-9H2,1-2H3,(H,14,17)/t12-/m0/s1. The molecule has 0 bridgehead atoms. The Kier molecular flexibility index (Phi) is 6.01. The molecule has 97 valence electrons. The lowest BCUT2D eigenvalue weighted by atomic mass is 10.1. The maximum atomic E-state index is 11.9. The molecule has 0 aromatic rings. The topological polar surface area (TPSA) is 49.4 Å². The smallest absolute Gasteiger partial charge is 0.317 e. The third-order valence-electron chi connectivity index (χ3n) is 3.04. The van der Waals surface area contributed by atoms with Gasteiger partial charge in [0, 0.05) is 13.1 Å². The molecule has 1 fully saturated rings. The van der Waals surface area contributed by atoms with Crippen LogP contribution in [0.25, 0.3) is 0 Å². The summed E-state index contributed by atoms with van der Waals surface area (Å²) in [5.41, 5.74) is 0.